The number of pyridine rings is 1. The number of nitrogens with zero attached hydrogens (tertiary/aromatic N) is 1. The van der Waals surface area contributed by atoms with Crippen LogP contribution >= 0.6 is 0 Å². The minimum atomic E-state index is -0.343. The van der Waals surface area contributed by atoms with Gasteiger partial charge in [-0.15, -0.1) is 0 Å². The molecule has 1 aliphatic carbocycles. The molecule has 0 fully saturated rings. The maximum Gasteiger partial charge on any atom is 0.123 e. The van der Waals surface area contributed by atoms with Crippen molar-refractivity contribution in [3.63, 3.8) is 0 Å². The molecule has 3 rings (SSSR count). The first-order chi connectivity index (χ1) is 11.5. The smallest absolute Gasteiger partial charge is 0.123 e. The average Bonchev–Trinajstić information content (AvgIpc) is 2.58. The highest BCUT2D eigenvalue weighted by atomic mass is 19.1. The summed E-state index contributed by atoms with van der Waals surface area (Å²) in [5.74, 6) is -0.247. The number of nitrogens with one attached hydrogen (secondary N) is 1. The molecule has 134 valence electrons. The van der Waals surface area contributed by atoms with E-state index in [1.54, 1.807) is 18.3 Å². The van der Waals surface area contributed by atoms with Crippen LogP contribution in [0.4, 0.5) is 4.39 Å². The molecule has 2 aromatic rings. The lowest BCUT2D eigenvalue weighted by molar-refractivity contribution is 0.533. The summed E-state index contributed by atoms with van der Waals surface area (Å²) in [6.45, 7) is 2.80. The van der Waals surface area contributed by atoms with Gasteiger partial charge in [0, 0.05) is 30.8 Å². The van der Waals surface area contributed by atoms with Gasteiger partial charge in [0.1, 0.15) is 5.82 Å². The quantitative estimate of drug-likeness (QED) is 0.865. The van der Waals surface area contributed by atoms with Crippen molar-refractivity contribution in [1.29, 1.82) is 0 Å². The van der Waals surface area contributed by atoms with Crippen molar-refractivity contribution in [2.24, 2.45) is 5.73 Å². The molecule has 1 aliphatic rings. The minimum absolute atomic E-state index is 0. The third-order valence-corrected chi connectivity index (χ3v) is 4.41. The zero-order valence-corrected chi connectivity index (χ0v) is 14.0. The molecule has 1 unspecified atom stereocenters. The Morgan fingerprint density at radius 1 is 1.28 bits per heavy atom. The molecule has 3 nitrogen and oxygen atoms in total. The second-order valence-electron chi connectivity index (χ2n) is 6.39. The standard InChI is InChI=1S/C20H22FN3.CH4.H2/c1-20(22)10-9-15(12-16(20)13-23-2)18-4-3-11-24-19(18)14-5-7-17(21)8-6-14;;/h3-9,11-12,23H,10,13,22H2,1-2H3;1H4;1H. The Labute approximate surface area is 151 Å². The molecule has 0 radical (unpaired) electrons. The van der Waals surface area contributed by atoms with Gasteiger partial charge in [0.05, 0.1) is 5.69 Å². The second-order valence-corrected chi connectivity index (χ2v) is 6.39. The predicted octanol–water partition coefficient (Wildman–Crippen LogP) is 4.42. The first-order valence-corrected chi connectivity index (χ1v) is 8.07. The highest BCUT2D eigenvalue weighted by Gasteiger charge is 2.26. The minimum Gasteiger partial charge on any atom is -0.322 e. The van der Waals surface area contributed by atoms with Gasteiger partial charge >= 0.3 is 0 Å². The van der Waals surface area contributed by atoms with Crippen molar-refractivity contribution < 1.29 is 5.82 Å². The van der Waals surface area contributed by atoms with Crippen LogP contribution in [0, 0.1) is 5.82 Å². The number of halogens is 1. The van der Waals surface area contributed by atoms with Crippen LogP contribution < -0.4 is 11.1 Å². The van der Waals surface area contributed by atoms with Crippen LogP contribution in [0.1, 0.15) is 27.8 Å². The van der Waals surface area contributed by atoms with Gasteiger partial charge in [-0.05, 0) is 61.9 Å². The summed E-state index contributed by atoms with van der Waals surface area (Å²) in [7, 11) is 1.92. The second kappa shape index (κ2) is 7.72. The van der Waals surface area contributed by atoms with E-state index in [1.807, 2.05) is 26.1 Å². The number of likely N-dealkylation sites (N-methyl/N-ethyl adjacent to an activating group) is 1. The summed E-state index contributed by atoms with van der Waals surface area (Å²) in [4.78, 5) is 4.52. The lowest BCUT2D eigenvalue weighted by Gasteiger charge is -2.31. The average molecular weight is 341 g/mol. The predicted molar refractivity (Wildman–Crippen MR) is 106 cm³/mol. The fraction of sp³-hybridized carbons (Fsp3) is 0.286. The highest BCUT2D eigenvalue weighted by molar-refractivity contribution is 5.85. The van der Waals surface area contributed by atoms with E-state index >= 15 is 0 Å². The van der Waals surface area contributed by atoms with Crippen LogP contribution in [0.25, 0.3) is 16.8 Å². The third kappa shape index (κ3) is 4.03. The number of rotatable bonds is 4. The van der Waals surface area contributed by atoms with Crippen LogP contribution in [-0.2, 0) is 0 Å². The van der Waals surface area contributed by atoms with Gasteiger partial charge in [0.15, 0.2) is 0 Å². The van der Waals surface area contributed by atoms with Gasteiger partial charge in [0.2, 0.25) is 0 Å². The molecule has 1 aromatic heterocycles. The first-order valence-electron chi connectivity index (χ1n) is 8.07. The number of benzene rings is 1. The van der Waals surface area contributed by atoms with Gasteiger partial charge in [-0.2, -0.15) is 0 Å². The normalized spacial score (nSPS) is 19.7. The van der Waals surface area contributed by atoms with Gasteiger partial charge < -0.3 is 11.1 Å². The molecule has 0 bridgehead atoms. The van der Waals surface area contributed by atoms with Crippen LogP contribution in [0.3, 0.4) is 0 Å². The molecule has 0 spiro atoms. The molecular weight excluding hydrogens is 313 g/mol. The highest BCUT2D eigenvalue weighted by Crippen LogP contribution is 2.34. The fourth-order valence-electron chi connectivity index (χ4n) is 2.97. The Kier molecular flexibility index (Phi) is 5.88. The molecule has 0 amide bonds. The molecule has 1 heterocycles. The van der Waals surface area contributed by atoms with E-state index in [9.17, 15) is 4.39 Å². The molecule has 4 heteroatoms. The molecular formula is C21H28FN3. The van der Waals surface area contributed by atoms with Crippen LogP contribution in [0.5, 0.6) is 0 Å². The maximum absolute atomic E-state index is 13.2. The fourth-order valence-corrected chi connectivity index (χ4v) is 2.97. The summed E-state index contributed by atoms with van der Waals surface area (Å²) in [5.41, 5.74) is 11.1. The van der Waals surface area contributed by atoms with Crippen LogP contribution in [-0.4, -0.2) is 24.1 Å². The maximum atomic E-state index is 13.2. The summed E-state index contributed by atoms with van der Waals surface area (Å²) >= 11 is 0. The molecule has 1 aromatic carbocycles. The van der Waals surface area contributed by atoms with E-state index in [1.165, 1.54) is 12.1 Å². The van der Waals surface area contributed by atoms with Crippen molar-refractivity contribution in [3.8, 4) is 11.3 Å². The first kappa shape index (κ1) is 19.0. The molecule has 0 aliphatic heterocycles. The molecule has 0 saturated heterocycles. The molecule has 3 N–H and O–H groups in total. The number of nitrogens with two attached hydrogens (primary N) is 1. The number of allylic oxidation sites excluding steroid dienone is 2. The largest absolute Gasteiger partial charge is 0.322 e. The van der Waals surface area contributed by atoms with E-state index in [0.717, 1.165) is 40.9 Å². The van der Waals surface area contributed by atoms with Crippen molar-refractivity contribution in [2.45, 2.75) is 26.3 Å². The lowest BCUT2D eigenvalue weighted by atomic mass is 9.81. The van der Waals surface area contributed by atoms with Crippen LogP contribution in [0.15, 0.2) is 60.3 Å². The summed E-state index contributed by atoms with van der Waals surface area (Å²) in [6.07, 6.45) is 6.83. The number of hydrogen-bond acceptors (Lipinski definition) is 3. The summed E-state index contributed by atoms with van der Waals surface area (Å²) in [6, 6.07) is 10.4. The molecule has 0 saturated carbocycles. The van der Waals surface area contributed by atoms with E-state index in [-0.39, 0.29) is 20.2 Å². The van der Waals surface area contributed by atoms with E-state index in [2.05, 4.69) is 22.5 Å². The van der Waals surface area contributed by atoms with Crippen molar-refractivity contribution in [2.75, 3.05) is 13.6 Å². The summed E-state index contributed by atoms with van der Waals surface area (Å²) in [5, 5.41) is 3.18. The zero-order valence-electron chi connectivity index (χ0n) is 14.0. The monoisotopic (exact) mass is 341 g/mol. The lowest BCUT2D eigenvalue weighted by Crippen LogP contribution is -2.42. The van der Waals surface area contributed by atoms with Gasteiger partial charge in [-0.25, -0.2) is 4.39 Å². The summed E-state index contributed by atoms with van der Waals surface area (Å²) < 4.78 is 13.2. The number of aromatic nitrogens is 1. The Morgan fingerprint density at radius 2 is 2.00 bits per heavy atom. The Bertz CT molecular complexity index is 795. The van der Waals surface area contributed by atoms with Crippen molar-refractivity contribution >= 4 is 5.57 Å². The SMILES string of the molecule is C.CNCC1=CC(c2cccnc2-c2ccc(F)cc2)=CCC1(C)N.[HH]. The topological polar surface area (TPSA) is 50.9 Å². The van der Waals surface area contributed by atoms with Gasteiger partial charge in [0.25, 0.3) is 0 Å². The van der Waals surface area contributed by atoms with Crippen molar-refractivity contribution in [1.82, 2.24) is 10.3 Å². The van der Waals surface area contributed by atoms with Gasteiger partial charge in [-0.1, -0.05) is 25.6 Å². The Morgan fingerprint density at radius 3 is 2.68 bits per heavy atom. The third-order valence-electron chi connectivity index (χ3n) is 4.41. The molecule has 25 heavy (non-hydrogen) atoms. The van der Waals surface area contributed by atoms with Crippen molar-refractivity contribution in [3.05, 3.63) is 71.7 Å². The van der Waals surface area contributed by atoms with Gasteiger partial charge in [-0.3, -0.25) is 4.98 Å². The number of hydrogen-bond donors (Lipinski definition) is 2. The van der Waals surface area contributed by atoms with E-state index < -0.39 is 0 Å². The zero-order chi connectivity index (χ0) is 17.2. The van der Waals surface area contributed by atoms with E-state index in [0.29, 0.717) is 0 Å². The van der Waals surface area contributed by atoms with E-state index in [4.69, 9.17) is 5.73 Å². The Hall–Kier alpha value is -2.30. The Balaban J connectivity index is 0.00000169. The molecule has 1 atom stereocenters. The van der Waals surface area contributed by atoms with Crippen LogP contribution in [0.2, 0.25) is 0 Å².